The van der Waals surface area contributed by atoms with Crippen LogP contribution in [0.4, 0.5) is 11.4 Å². The van der Waals surface area contributed by atoms with Crippen LogP contribution in [0, 0.1) is 24.0 Å². The van der Waals surface area contributed by atoms with Gasteiger partial charge in [0.15, 0.2) is 6.61 Å². The van der Waals surface area contributed by atoms with E-state index in [4.69, 9.17) is 16.3 Å². The lowest BCUT2D eigenvalue weighted by Crippen LogP contribution is -2.21. The van der Waals surface area contributed by atoms with Crippen molar-refractivity contribution in [2.45, 2.75) is 27.3 Å². The Bertz CT molecular complexity index is 876. The highest BCUT2D eigenvalue weighted by atomic mass is 35.5. The lowest BCUT2D eigenvalue weighted by molar-refractivity contribution is -0.384. The van der Waals surface area contributed by atoms with Crippen LogP contribution in [0.25, 0.3) is 0 Å². The highest BCUT2D eigenvalue weighted by Gasteiger charge is 2.18. The quantitative estimate of drug-likeness (QED) is 0.470. The molecule has 0 aliphatic carbocycles. The summed E-state index contributed by atoms with van der Waals surface area (Å²) in [6.07, 6.45) is 0. The van der Waals surface area contributed by atoms with Crippen molar-refractivity contribution in [1.29, 1.82) is 0 Å². The van der Waals surface area contributed by atoms with Crippen molar-refractivity contribution in [3.63, 3.8) is 0 Å². The van der Waals surface area contributed by atoms with E-state index in [2.05, 4.69) is 5.32 Å². The third kappa shape index (κ3) is 4.20. The average molecular weight is 380 g/mol. The molecule has 1 amide bonds. The Hall–Kier alpha value is -2.87. The van der Waals surface area contributed by atoms with E-state index < -0.39 is 23.4 Å². The van der Waals surface area contributed by atoms with Gasteiger partial charge in [-0.05, 0) is 39.0 Å². The van der Waals surface area contributed by atoms with Crippen molar-refractivity contribution in [2.24, 2.45) is 0 Å². The molecule has 0 unspecified atom stereocenters. The van der Waals surface area contributed by atoms with E-state index in [9.17, 15) is 19.7 Å². The summed E-state index contributed by atoms with van der Waals surface area (Å²) < 4.78 is 6.99. The molecule has 1 aromatic carbocycles. The lowest BCUT2D eigenvalue weighted by Gasteiger charge is -2.08. The molecular formula is C17H18ClN3O5. The minimum absolute atomic E-state index is 0.0364. The summed E-state index contributed by atoms with van der Waals surface area (Å²) in [4.78, 5) is 34.3. The maximum Gasteiger partial charge on any atom is 0.340 e. The average Bonchev–Trinajstić information content (AvgIpc) is 2.88. The number of aryl methyl sites for hydroxylation is 1. The standard InChI is InChI=1S/C17H18ClN3O5/c1-4-20-10(2)7-13(11(20)3)17(23)26-9-16(22)19-12-5-6-14(18)15(8-12)21(24)25/h5-8H,4,9H2,1-3H3,(H,19,22). The number of hydrogen-bond acceptors (Lipinski definition) is 5. The number of carbonyl (C=O) groups is 2. The van der Waals surface area contributed by atoms with Crippen LogP contribution in [0.1, 0.15) is 28.7 Å². The fourth-order valence-electron chi connectivity index (χ4n) is 2.63. The lowest BCUT2D eigenvalue weighted by atomic mass is 10.2. The van der Waals surface area contributed by atoms with E-state index in [1.807, 2.05) is 18.4 Å². The number of benzene rings is 1. The van der Waals surface area contributed by atoms with Crippen molar-refractivity contribution < 1.29 is 19.2 Å². The Morgan fingerprint density at radius 3 is 2.58 bits per heavy atom. The van der Waals surface area contributed by atoms with Crippen LogP contribution in [0.2, 0.25) is 5.02 Å². The van der Waals surface area contributed by atoms with E-state index in [1.54, 1.807) is 13.0 Å². The Kier molecular flexibility index (Phi) is 5.99. The van der Waals surface area contributed by atoms with Gasteiger partial charge in [-0.1, -0.05) is 11.6 Å². The predicted octanol–water partition coefficient (Wildman–Crippen LogP) is 3.48. The van der Waals surface area contributed by atoms with E-state index in [-0.39, 0.29) is 16.4 Å². The number of hydrogen-bond donors (Lipinski definition) is 1. The summed E-state index contributed by atoms with van der Waals surface area (Å²) in [6, 6.07) is 5.57. The number of nitro groups is 1. The molecular weight excluding hydrogens is 362 g/mol. The highest BCUT2D eigenvalue weighted by molar-refractivity contribution is 6.32. The van der Waals surface area contributed by atoms with Crippen LogP contribution < -0.4 is 5.32 Å². The molecule has 0 aliphatic heterocycles. The monoisotopic (exact) mass is 379 g/mol. The zero-order valence-electron chi connectivity index (χ0n) is 14.5. The van der Waals surface area contributed by atoms with Crippen LogP contribution in [-0.2, 0) is 16.1 Å². The second kappa shape index (κ2) is 8.01. The zero-order chi connectivity index (χ0) is 19.4. The van der Waals surface area contributed by atoms with E-state index in [0.29, 0.717) is 5.56 Å². The van der Waals surface area contributed by atoms with Gasteiger partial charge in [-0.25, -0.2) is 4.79 Å². The SMILES string of the molecule is CCn1c(C)cc(C(=O)OCC(=O)Nc2ccc(Cl)c([N+](=O)[O-])c2)c1C. The Morgan fingerprint density at radius 2 is 2.00 bits per heavy atom. The number of esters is 1. The molecule has 1 heterocycles. The van der Waals surface area contributed by atoms with Gasteiger partial charge in [0.05, 0.1) is 10.5 Å². The van der Waals surface area contributed by atoms with E-state index in [1.165, 1.54) is 12.1 Å². The van der Waals surface area contributed by atoms with E-state index in [0.717, 1.165) is 24.0 Å². The molecule has 0 bridgehead atoms. The van der Waals surface area contributed by atoms with Crippen molar-refractivity contribution in [3.8, 4) is 0 Å². The molecule has 0 atom stereocenters. The van der Waals surface area contributed by atoms with Crippen LogP contribution in [0.5, 0.6) is 0 Å². The number of nitro benzene ring substituents is 1. The summed E-state index contributed by atoms with van der Waals surface area (Å²) in [7, 11) is 0. The number of amides is 1. The van der Waals surface area contributed by atoms with Crippen LogP contribution in [0.3, 0.4) is 0 Å². The van der Waals surface area contributed by atoms with Gasteiger partial charge in [0, 0.05) is 29.7 Å². The number of rotatable bonds is 6. The number of nitrogens with one attached hydrogen (secondary N) is 1. The van der Waals surface area contributed by atoms with Crippen molar-refractivity contribution >= 4 is 34.9 Å². The van der Waals surface area contributed by atoms with Crippen LogP contribution in [0.15, 0.2) is 24.3 Å². The molecule has 9 heteroatoms. The highest BCUT2D eigenvalue weighted by Crippen LogP contribution is 2.27. The Morgan fingerprint density at radius 1 is 1.31 bits per heavy atom. The second-order valence-electron chi connectivity index (χ2n) is 5.58. The number of ether oxygens (including phenoxy) is 1. The molecule has 0 saturated heterocycles. The fraction of sp³-hybridized carbons (Fsp3) is 0.294. The first kappa shape index (κ1) is 19.5. The molecule has 2 aromatic rings. The van der Waals surface area contributed by atoms with Gasteiger partial charge in [-0.3, -0.25) is 14.9 Å². The first-order valence-corrected chi connectivity index (χ1v) is 8.20. The number of halogens is 1. The summed E-state index contributed by atoms with van der Waals surface area (Å²) in [5.41, 5.74) is 1.96. The Balaban J connectivity index is 2.00. The minimum atomic E-state index is -0.651. The number of carbonyl (C=O) groups excluding carboxylic acids is 2. The molecule has 1 N–H and O–H groups in total. The molecule has 0 saturated carbocycles. The number of aromatic nitrogens is 1. The summed E-state index contributed by atoms with van der Waals surface area (Å²) in [5.74, 6) is -1.21. The van der Waals surface area contributed by atoms with Gasteiger partial charge < -0.3 is 14.6 Å². The smallest absolute Gasteiger partial charge is 0.340 e. The molecule has 1 aromatic heterocycles. The van der Waals surface area contributed by atoms with E-state index >= 15 is 0 Å². The van der Waals surface area contributed by atoms with Crippen LogP contribution in [-0.4, -0.2) is 28.0 Å². The molecule has 0 radical (unpaired) electrons. The molecule has 8 nitrogen and oxygen atoms in total. The summed E-state index contributed by atoms with van der Waals surface area (Å²) in [6.45, 7) is 5.87. The van der Waals surface area contributed by atoms with Gasteiger partial charge in [-0.2, -0.15) is 0 Å². The maximum absolute atomic E-state index is 12.2. The normalized spacial score (nSPS) is 10.5. The minimum Gasteiger partial charge on any atom is -0.452 e. The van der Waals surface area contributed by atoms with Gasteiger partial charge in [0.2, 0.25) is 0 Å². The second-order valence-corrected chi connectivity index (χ2v) is 5.98. The number of anilines is 1. The predicted molar refractivity (Wildman–Crippen MR) is 96.6 cm³/mol. The zero-order valence-corrected chi connectivity index (χ0v) is 15.3. The van der Waals surface area contributed by atoms with Crippen molar-refractivity contribution in [3.05, 3.63) is 56.4 Å². The third-order valence-electron chi connectivity index (χ3n) is 3.87. The molecule has 138 valence electrons. The number of nitrogens with zero attached hydrogens (tertiary/aromatic N) is 2. The van der Waals surface area contributed by atoms with Gasteiger partial charge in [0.25, 0.3) is 11.6 Å². The molecule has 2 rings (SSSR count). The van der Waals surface area contributed by atoms with Crippen molar-refractivity contribution in [1.82, 2.24) is 4.57 Å². The maximum atomic E-state index is 12.2. The largest absolute Gasteiger partial charge is 0.452 e. The van der Waals surface area contributed by atoms with Gasteiger partial charge in [-0.15, -0.1) is 0 Å². The van der Waals surface area contributed by atoms with Crippen LogP contribution >= 0.6 is 11.6 Å². The first-order chi connectivity index (χ1) is 12.2. The van der Waals surface area contributed by atoms with Gasteiger partial charge >= 0.3 is 5.97 Å². The van der Waals surface area contributed by atoms with Gasteiger partial charge in [0.1, 0.15) is 5.02 Å². The topological polar surface area (TPSA) is 103 Å². The summed E-state index contributed by atoms with van der Waals surface area (Å²) in [5, 5.41) is 13.2. The molecule has 26 heavy (non-hydrogen) atoms. The van der Waals surface area contributed by atoms with Crippen molar-refractivity contribution in [2.75, 3.05) is 11.9 Å². The molecule has 0 fully saturated rings. The third-order valence-corrected chi connectivity index (χ3v) is 4.19. The Labute approximate surface area is 154 Å². The first-order valence-electron chi connectivity index (χ1n) is 7.82. The summed E-state index contributed by atoms with van der Waals surface area (Å²) >= 11 is 5.71. The molecule has 0 spiro atoms. The fourth-order valence-corrected chi connectivity index (χ4v) is 2.82. The molecule has 0 aliphatic rings.